The highest BCUT2D eigenvalue weighted by Gasteiger charge is 2.17. The minimum absolute atomic E-state index is 0.0472. The van der Waals surface area contributed by atoms with Gasteiger partial charge < -0.3 is 9.84 Å². The van der Waals surface area contributed by atoms with Gasteiger partial charge in [-0.05, 0) is 25.0 Å². The zero-order valence-corrected chi connectivity index (χ0v) is 10.9. The summed E-state index contributed by atoms with van der Waals surface area (Å²) in [5, 5.41) is 8.03. The lowest BCUT2D eigenvalue weighted by molar-refractivity contribution is -0.121. The van der Waals surface area contributed by atoms with Crippen molar-refractivity contribution in [3.8, 4) is 0 Å². The van der Waals surface area contributed by atoms with Crippen LogP contribution in [0.15, 0.2) is 28.8 Å². The van der Waals surface area contributed by atoms with E-state index < -0.39 is 0 Å². The normalized spacial score (nSPS) is 16.6. The van der Waals surface area contributed by atoms with Crippen molar-refractivity contribution >= 4 is 16.9 Å². The standard InChI is InChI=1S/C15H18N2O2/c18-15(16-11-6-2-1-3-7-11)10-13-12-8-4-5-9-14(12)19-17-13/h4-5,8-9,11H,1-3,6-7,10H2,(H,16,18). The van der Waals surface area contributed by atoms with Crippen LogP contribution in [0.5, 0.6) is 0 Å². The first kappa shape index (κ1) is 12.2. The van der Waals surface area contributed by atoms with Crippen LogP contribution in [-0.2, 0) is 11.2 Å². The van der Waals surface area contributed by atoms with Gasteiger partial charge in [-0.25, -0.2) is 0 Å². The zero-order valence-electron chi connectivity index (χ0n) is 10.9. The highest BCUT2D eigenvalue weighted by atomic mass is 16.5. The van der Waals surface area contributed by atoms with E-state index >= 15 is 0 Å². The molecule has 0 spiro atoms. The summed E-state index contributed by atoms with van der Waals surface area (Å²) in [6.45, 7) is 0. The lowest BCUT2D eigenvalue weighted by Crippen LogP contribution is -2.37. The fourth-order valence-electron chi connectivity index (χ4n) is 2.74. The van der Waals surface area contributed by atoms with E-state index in [9.17, 15) is 4.79 Å². The van der Waals surface area contributed by atoms with Gasteiger partial charge in [0.1, 0.15) is 5.69 Å². The second kappa shape index (κ2) is 5.43. The first-order valence-corrected chi connectivity index (χ1v) is 6.95. The number of hydrogen-bond donors (Lipinski definition) is 1. The highest BCUT2D eigenvalue weighted by molar-refractivity contribution is 5.86. The molecule has 3 rings (SSSR count). The van der Waals surface area contributed by atoms with Crippen LogP contribution in [0.4, 0.5) is 0 Å². The third-order valence-corrected chi connectivity index (χ3v) is 3.75. The van der Waals surface area contributed by atoms with Gasteiger partial charge in [-0.1, -0.05) is 36.6 Å². The van der Waals surface area contributed by atoms with Crippen LogP contribution in [0.3, 0.4) is 0 Å². The molecular weight excluding hydrogens is 240 g/mol. The molecule has 1 aliphatic carbocycles. The van der Waals surface area contributed by atoms with Gasteiger partial charge in [0.15, 0.2) is 5.58 Å². The molecule has 0 saturated heterocycles. The van der Waals surface area contributed by atoms with Crippen molar-refractivity contribution in [1.82, 2.24) is 10.5 Å². The molecule has 0 unspecified atom stereocenters. The van der Waals surface area contributed by atoms with E-state index in [2.05, 4.69) is 10.5 Å². The minimum atomic E-state index is 0.0472. The topological polar surface area (TPSA) is 55.1 Å². The second-order valence-corrected chi connectivity index (χ2v) is 5.20. The lowest BCUT2D eigenvalue weighted by Gasteiger charge is -2.22. The molecule has 4 nitrogen and oxygen atoms in total. The summed E-state index contributed by atoms with van der Waals surface area (Å²) in [7, 11) is 0. The fraction of sp³-hybridized carbons (Fsp3) is 0.467. The Morgan fingerprint density at radius 1 is 1.26 bits per heavy atom. The number of nitrogens with zero attached hydrogens (tertiary/aromatic N) is 1. The molecule has 4 heteroatoms. The Bertz CT molecular complexity index is 570. The number of carbonyl (C=O) groups excluding carboxylic acids is 1. The molecule has 0 atom stereocenters. The van der Waals surface area contributed by atoms with Gasteiger partial charge in [0, 0.05) is 11.4 Å². The summed E-state index contributed by atoms with van der Waals surface area (Å²) < 4.78 is 5.21. The van der Waals surface area contributed by atoms with Crippen LogP contribution in [0.2, 0.25) is 0 Å². The van der Waals surface area contributed by atoms with Crippen LogP contribution < -0.4 is 5.32 Å². The molecule has 1 aromatic carbocycles. The SMILES string of the molecule is O=C(Cc1noc2ccccc12)NC1CCCCC1. The maximum Gasteiger partial charge on any atom is 0.226 e. The molecule has 1 N–H and O–H groups in total. The summed E-state index contributed by atoms with van der Waals surface area (Å²) in [5.41, 5.74) is 1.46. The Hall–Kier alpha value is -1.84. The largest absolute Gasteiger partial charge is 0.356 e. The Morgan fingerprint density at radius 2 is 2.05 bits per heavy atom. The van der Waals surface area contributed by atoms with Crippen LogP contribution in [0.25, 0.3) is 11.0 Å². The number of carbonyl (C=O) groups is 1. The monoisotopic (exact) mass is 258 g/mol. The van der Waals surface area contributed by atoms with E-state index in [1.807, 2.05) is 24.3 Å². The Kier molecular flexibility index (Phi) is 3.49. The van der Waals surface area contributed by atoms with Gasteiger partial charge in [0.05, 0.1) is 6.42 Å². The number of fused-ring (bicyclic) bond motifs is 1. The minimum Gasteiger partial charge on any atom is -0.356 e. The predicted octanol–water partition coefficient (Wildman–Crippen LogP) is 2.82. The summed E-state index contributed by atoms with van der Waals surface area (Å²) in [5.74, 6) is 0.0472. The molecule has 1 amide bonds. The van der Waals surface area contributed by atoms with Crippen LogP contribution >= 0.6 is 0 Å². The lowest BCUT2D eigenvalue weighted by atomic mass is 9.95. The maximum atomic E-state index is 12.0. The van der Waals surface area contributed by atoms with Gasteiger partial charge in [0.25, 0.3) is 0 Å². The first-order chi connectivity index (χ1) is 9.33. The molecule has 0 bridgehead atoms. The Balaban J connectivity index is 1.65. The molecule has 1 aromatic heterocycles. The van der Waals surface area contributed by atoms with Crippen molar-refractivity contribution in [3.63, 3.8) is 0 Å². The van der Waals surface area contributed by atoms with Crippen molar-refractivity contribution in [3.05, 3.63) is 30.0 Å². The maximum absolute atomic E-state index is 12.0. The third-order valence-electron chi connectivity index (χ3n) is 3.75. The molecule has 1 fully saturated rings. The zero-order chi connectivity index (χ0) is 13.1. The van der Waals surface area contributed by atoms with E-state index in [-0.39, 0.29) is 5.91 Å². The molecule has 0 radical (unpaired) electrons. The van der Waals surface area contributed by atoms with Crippen molar-refractivity contribution in [2.24, 2.45) is 0 Å². The average molecular weight is 258 g/mol. The number of aromatic nitrogens is 1. The van der Waals surface area contributed by atoms with Crippen molar-refractivity contribution in [2.45, 2.75) is 44.6 Å². The van der Waals surface area contributed by atoms with Gasteiger partial charge in [-0.2, -0.15) is 0 Å². The molecule has 0 aliphatic heterocycles. The number of hydrogen-bond acceptors (Lipinski definition) is 3. The molecule has 1 heterocycles. The van der Waals surface area contributed by atoms with Crippen molar-refractivity contribution < 1.29 is 9.32 Å². The molecule has 1 saturated carbocycles. The van der Waals surface area contributed by atoms with E-state index in [0.29, 0.717) is 12.5 Å². The van der Waals surface area contributed by atoms with Gasteiger partial charge >= 0.3 is 0 Å². The first-order valence-electron chi connectivity index (χ1n) is 6.95. The van der Waals surface area contributed by atoms with E-state index in [4.69, 9.17) is 4.52 Å². The summed E-state index contributed by atoms with van der Waals surface area (Å²) in [6.07, 6.45) is 6.24. The molecule has 19 heavy (non-hydrogen) atoms. The number of benzene rings is 1. The van der Waals surface area contributed by atoms with Crippen molar-refractivity contribution in [2.75, 3.05) is 0 Å². The Morgan fingerprint density at radius 3 is 2.89 bits per heavy atom. The van der Waals surface area contributed by atoms with E-state index in [1.54, 1.807) is 0 Å². The molecular formula is C15H18N2O2. The average Bonchev–Trinajstić information content (AvgIpc) is 2.83. The number of para-hydroxylation sites is 1. The Labute approximate surface area is 112 Å². The molecule has 2 aromatic rings. The number of amides is 1. The second-order valence-electron chi connectivity index (χ2n) is 5.20. The fourth-order valence-corrected chi connectivity index (χ4v) is 2.74. The van der Waals surface area contributed by atoms with Crippen LogP contribution in [-0.4, -0.2) is 17.1 Å². The van der Waals surface area contributed by atoms with Gasteiger partial charge in [0.2, 0.25) is 5.91 Å². The van der Waals surface area contributed by atoms with Crippen LogP contribution in [0, 0.1) is 0 Å². The van der Waals surface area contributed by atoms with Crippen LogP contribution in [0.1, 0.15) is 37.8 Å². The van der Waals surface area contributed by atoms with E-state index in [1.165, 1.54) is 19.3 Å². The number of rotatable bonds is 3. The summed E-state index contributed by atoms with van der Waals surface area (Å²) in [6, 6.07) is 7.99. The molecule has 1 aliphatic rings. The van der Waals surface area contributed by atoms with Gasteiger partial charge in [-0.3, -0.25) is 4.79 Å². The third kappa shape index (κ3) is 2.78. The summed E-state index contributed by atoms with van der Waals surface area (Å²) in [4.78, 5) is 12.0. The van der Waals surface area contributed by atoms with Crippen molar-refractivity contribution in [1.29, 1.82) is 0 Å². The van der Waals surface area contributed by atoms with Gasteiger partial charge in [-0.15, -0.1) is 0 Å². The smallest absolute Gasteiger partial charge is 0.226 e. The summed E-state index contributed by atoms with van der Waals surface area (Å²) >= 11 is 0. The highest BCUT2D eigenvalue weighted by Crippen LogP contribution is 2.19. The molecule has 100 valence electrons. The predicted molar refractivity (Wildman–Crippen MR) is 72.7 cm³/mol. The number of nitrogens with one attached hydrogen (secondary N) is 1. The van der Waals surface area contributed by atoms with E-state index in [0.717, 1.165) is 29.5 Å². The quantitative estimate of drug-likeness (QED) is 0.921.